The third-order valence-corrected chi connectivity index (χ3v) is 3.28. The van der Waals surface area contributed by atoms with Gasteiger partial charge in [-0.15, -0.1) is 0 Å². The number of benzene rings is 2. The van der Waals surface area contributed by atoms with Gasteiger partial charge in [-0.1, -0.05) is 12.1 Å². The molecule has 0 saturated carbocycles. The van der Waals surface area contributed by atoms with Gasteiger partial charge < -0.3 is 14.2 Å². The van der Waals surface area contributed by atoms with Crippen LogP contribution in [0.4, 0.5) is 0 Å². The average Bonchev–Trinajstić information content (AvgIpc) is 2.54. The Morgan fingerprint density at radius 3 is 2.45 bits per heavy atom. The molecule has 0 heterocycles. The first-order valence-electron chi connectivity index (χ1n) is 7.15. The minimum absolute atomic E-state index is 0.0228. The minimum Gasteiger partial charge on any atom is -0.494 e. The van der Waals surface area contributed by atoms with E-state index >= 15 is 0 Å². The Morgan fingerprint density at radius 1 is 1.00 bits per heavy atom. The smallest absolute Gasteiger partial charge is 0.167 e. The highest BCUT2D eigenvalue weighted by molar-refractivity contribution is 5.98. The van der Waals surface area contributed by atoms with E-state index < -0.39 is 0 Å². The van der Waals surface area contributed by atoms with E-state index in [-0.39, 0.29) is 5.78 Å². The van der Waals surface area contributed by atoms with E-state index in [2.05, 4.69) is 0 Å². The van der Waals surface area contributed by atoms with Crippen molar-refractivity contribution in [2.45, 2.75) is 13.3 Å². The Hall–Kier alpha value is -2.49. The number of hydrogen-bond acceptors (Lipinski definition) is 4. The second-order valence-electron chi connectivity index (χ2n) is 4.75. The van der Waals surface area contributed by atoms with Gasteiger partial charge in [-0.05, 0) is 42.8 Å². The van der Waals surface area contributed by atoms with Crippen LogP contribution < -0.4 is 14.2 Å². The van der Waals surface area contributed by atoms with Gasteiger partial charge in [0.25, 0.3) is 0 Å². The SMILES string of the molecule is CCOc1cccc(CC(=O)c2ccc(OC)c(OC)c2)c1. The second-order valence-corrected chi connectivity index (χ2v) is 4.75. The Morgan fingerprint density at radius 2 is 1.77 bits per heavy atom. The number of rotatable bonds is 7. The molecular formula is C18H20O4. The van der Waals surface area contributed by atoms with E-state index in [4.69, 9.17) is 14.2 Å². The topological polar surface area (TPSA) is 44.8 Å². The first-order chi connectivity index (χ1) is 10.7. The van der Waals surface area contributed by atoms with Crippen LogP contribution in [0.2, 0.25) is 0 Å². The molecule has 0 bridgehead atoms. The molecule has 0 aliphatic carbocycles. The first-order valence-corrected chi connectivity index (χ1v) is 7.15. The zero-order valence-corrected chi connectivity index (χ0v) is 13.1. The van der Waals surface area contributed by atoms with Crippen molar-refractivity contribution in [2.75, 3.05) is 20.8 Å². The molecule has 0 atom stereocenters. The molecule has 0 saturated heterocycles. The molecule has 2 aromatic rings. The summed E-state index contributed by atoms with van der Waals surface area (Å²) in [5.74, 6) is 1.96. The Labute approximate surface area is 130 Å². The summed E-state index contributed by atoms with van der Waals surface area (Å²) in [6, 6.07) is 12.8. The Kier molecular flexibility index (Phi) is 5.42. The van der Waals surface area contributed by atoms with Crippen LogP contribution in [-0.4, -0.2) is 26.6 Å². The van der Waals surface area contributed by atoms with E-state index in [1.54, 1.807) is 32.4 Å². The van der Waals surface area contributed by atoms with Gasteiger partial charge in [0.15, 0.2) is 17.3 Å². The monoisotopic (exact) mass is 300 g/mol. The number of ketones is 1. The van der Waals surface area contributed by atoms with E-state index in [0.29, 0.717) is 30.1 Å². The highest BCUT2D eigenvalue weighted by Crippen LogP contribution is 2.28. The van der Waals surface area contributed by atoms with Crippen LogP contribution in [0.3, 0.4) is 0 Å². The molecule has 0 fully saturated rings. The number of hydrogen-bond donors (Lipinski definition) is 0. The molecule has 0 aliphatic heterocycles. The van der Waals surface area contributed by atoms with E-state index in [1.807, 2.05) is 31.2 Å². The lowest BCUT2D eigenvalue weighted by atomic mass is 10.0. The van der Waals surface area contributed by atoms with Crippen molar-refractivity contribution in [3.63, 3.8) is 0 Å². The maximum atomic E-state index is 12.4. The normalized spacial score (nSPS) is 10.1. The van der Waals surface area contributed by atoms with Crippen molar-refractivity contribution in [1.29, 1.82) is 0 Å². The standard InChI is InChI=1S/C18H20O4/c1-4-22-15-7-5-6-13(10-15)11-16(19)14-8-9-17(20-2)18(12-14)21-3/h5-10,12H,4,11H2,1-3H3. The second kappa shape index (κ2) is 7.50. The largest absolute Gasteiger partial charge is 0.494 e. The fourth-order valence-electron chi connectivity index (χ4n) is 2.21. The summed E-state index contributed by atoms with van der Waals surface area (Å²) in [7, 11) is 3.12. The third kappa shape index (κ3) is 3.79. The summed E-state index contributed by atoms with van der Waals surface area (Å²) in [5, 5.41) is 0. The van der Waals surface area contributed by atoms with Gasteiger partial charge in [-0.3, -0.25) is 4.79 Å². The van der Waals surface area contributed by atoms with Crippen LogP contribution >= 0.6 is 0 Å². The zero-order valence-electron chi connectivity index (χ0n) is 13.1. The van der Waals surface area contributed by atoms with Crippen LogP contribution in [0, 0.1) is 0 Å². The first kappa shape index (κ1) is 15.9. The fraction of sp³-hybridized carbons (Fsp3) is 0.278. The molecule has 0 spiro atoms. The van der Waals surface area contributed by atoms with Crippen LogP contribution in [0.25, 0.3) is 0 Å². The van der Waals surface area contributed by atoms with Gasteiger partial charge in [-0.2, -0.15) is 0 Å². The van der Waals surface area contributed by atoms with Gasteiger partial charge in [0, 0.05) is 12.0 Å². The van der Waals surface area contributed by atoms with Crippen molar-refractivity contribution in [1.82, 2.24) is 0 Å². The van der Waals surface area contributed by atoms with Crippen molar-refractivity contribution in [3.8, 4) is 17.2 Å². The fourth-order valence-corrected chi connectivity index (χ4v) is 2.21. The van der Waals surface area contributed by atoms with Gasteiger partial charge in [0.2, 0.25) is 0 Å². The van der Waals surface area contributed by atoms with Crippen molar-refractivity contribution >= 4 is 5.78 Å². The van der Waals surface area contributed by atoms with E-state index in [1.165, 1.54) is 0 Å². The predicted octanol–water partition coefficient (Wildman–Crippen LogP) is 3.53. The molecule has 116 valence electrons. The molecular weight excluding hydrogens is 280 g/mol. The summed E-state index contributed by atoms with van der Waals surface area (Å²) < 4.78 is 15.9. The number of ether oxygens (including phenoxy) is 3. The zero-order chi connectivity index (χ0) is 15.9. The lowest BCUT2D eigenvalue weighted by molar-refractivity contribution is 0.0992. The minimum atomic E-state index is 0.0228. The molecule has 0 aliphatic rings. The average molecular weight is 300 g/mol. The molecule has 0 unspecified atom stereocenters. The van der Waals surface area contributed by atoms with Crippen LogP contribution in [-0.2, 0) is 6.42 Å². The van der Waals surface area contributed by atoms with E-state index in [9.17, 15) is 4.79 Å². The third-order valence-electron chi connectivity index (χ3n) is 3.28. The number of carbonyl (C=O) groups excluding carboxylic acids is 1. The van der Waals surface area contributed by atoms with Crippen molar-refractivity contribution in [3.05, 3.63) is 53.6 Å². The molecule has 0 aromatic heterocycles. The van der Waals surface area contributed by atoms with E-state index in [0.717, 1.165) is 11.3 Å². The molecule has 22 heavy (non-hydrogen) atoms. The maximum Gasteiger partial charge on any atom is 0.167 e. The molecule has 0 amide bonds. The highest BCUT2D eigenvalue weighted by Gasteiger charge is 2.12. The Bertz CT molecular complexity index is 649. The summed E-state index contributed by atoms with van der Waals surface area (Å²) in [6.07, 6.45) is 0.316. The van der Waals surface area contributed by atoms with Gasteiger partial charge in [-0.25, -0.2) is 0 Å². The molecule has 0 N–H and O–H groups in total. The summed E-state index contributed by atoms with van der Waals surface area (Å²) in [4.78, 5) is 12.4. The van der Waals surface area contributed by atoms with Gasteiger partial charge in [0.05, 0.1) is 20.8 Å². The van der Waals surface area contributed by atoms with Crippen LogP contribution in [0.15, 0.2) is 42.5 Å². The number of Topliss-reactive ketones (excluding diaryl/α,β-unsaturated/α-hetero) is 1. The Balaban J connectivity index is 2.16. The van der Waals surface area contributed by atoms with Crippen molar-refractivity contribution in [2.24, 2.45) is 0 Å². The molecule has 4 nitrogen and oxygen atoms in total. The molecule has 4 heteroatoms. The molecule has 2 aromatic carbocycles. The molecule has 0 radical (unpaired) electrons. The highest BCUT2D eigenvalue weighted by atomic mass is 16.5. The number of carbonyl (C=O) groups is 1. The summed E-state index contributed by atoms with van der Waals surface area (Å²) in [6.45, 7) is 2.54. The lowest BCUT2D eigenvalue weighted by Gasteiger charge is -2.09. The van der Waals surface area contributed by atoms with Gasteiger partial charge >= 0.3 is 0 Å². The maximum absolute atomic E-state index is 12.4. The van der Waals surface area contributed by atoms with Crippen LogP contribution in [0.5, 0.6) is 17.2 Å². The lowest BCUT2D eigenvalue weighted by Crippen LogP contribution is -2.04. The molecule has 2 rings (SSSR count). The van der Waals surface area contributed by atoms with Gasteiger partial charge in [0.1, 0.15) is 5.75 Å². The van der Waals surface area contributed by atoms with Crippen molar-refractivity contribution < 1.29 is 19.0 Å². The summed E-state index contributed by atoms with van der Waals surface area (Å²) >= 11 is 0. The summed E-state index contributed by atoms with van der Waals surface area (Å²) in [5.41, 5.74) is 1.52. The quantitative estimate of drug-likeness (QED) is 0.734. The number of methoxy groups -OCH3 is 2. The predicted molar refractivity (Wildman–Crippen MR) is 85.2 cm³/mol. The van der Waals surface area contributed by atoms with Crippen LogP contribution in [0.1, 0.15) is 22.8 Å².